The van der Waals surface area contributed by atoms with Gasteiger partial charge in [0.05, 0.1) is 18.1 Å². The number of aryl methyl sites for hydroxylation is 1. The number of hydrogen-bond donors (Lipinski definition) is 0. The lowest BCUT2D eigenvalue weighted by atomic mass is 9.88. The quantitative estimate of drug-likeness (QED) is 0.763. The van der Waals surface area contributed by atoms with Crippen LogP contribution in [-0.4, -0.2) is 22.3 Å². The van der Waals surface area contributed by atoms with Gasteiger partial charge in [-0.15, -0.1) is 0 Å². The lowest BCUT2D eigenvalue weighted by Crippen LogP contribution is -2.36. The van der Waals surface area contributed by atoms with E-state index in [-0.39, 0.29) is 11.6 Å². The Morgan fingerprint density at radius 3 is 2.75 bits per heavy atom. The Morgan fingerprint density at radius 1 is 1.44 bits per heavy atom. The van der Waals surface area contributed by atoms with Gasteiger partial charge in [-0.25, -0.2) is 4.98 Å². The Kier molecular flexibility index (Phi) is 2.72. The maximum Gasteiger partial charge on any atom is 0.108 e. The number of ether oxygens (including phenoxy) is 1. The molecule has 0 N–H and O–H groups in total. The summed E-state index contributed by atoms with van der Waals surface area (Å²) in [5.41, 5.74) is 1.96. The van der Waals surface area contributed by atoms with Gasteiger partial charge >= 0.3 is 0 Å². The first-order chi connectivity index (χ1) is 7.55. The minimum absolute atomic E-state index is 0.169. The Balaban J connectivity index is 2.38. The summed E-state index contributed by atoms with van der Waals surface area (Å²) < 4.78 is 7.74. The molecule has 0 saturated heterocycles. The van der Waals surface area contributed by atoms with Gasteiger partial charge in [0.2, 0.25) is 0 Å². The molecule has 2 rings (SSSR count). The van der Waals surface area contributed by atoms with E-state index < -0.39 is 0 Å². The number of nitrogens with zero attached hydrogens (tertiary/aromatic N) is 2. The number of imidazole rings is 1. The molecule has 1 aliphatic carbocycles. The predicted molar refractivity (Wildman–Crippen MR) is 64.3 cm³/mol. The molecule has 1 aromatic rings. The molecule has 2 atom stereocenters. The zero-order chi connectivity index (χ0) is 11.8. The summed E-state index contributed by atoms with van der Waals surface area (Å²) in [4.78, 5) is 4.26. The molecular weight excluding hydrogens is 200 g/mol. The van der Waals surface area contributed by atoms with Crippen molar-refractivity contribution in [3.63, 3.8) is 0 Å². The maximum absolute atomic E-state index is 5.65. The molecule has 3 heteroatoms. The van der Waals surface area contributed by atoms with Gasteiger partial charge in [0.1, 0.15) is 5.60 Å². The van der Waals surface area contributed by atoms with Crippen molar-refractivity contribution < 1.29 is 4.74 Å². The molecular formula is C13H18N2O. The summed E-state index contributed by atoms with van der Waals surface area (Å²) in [6.07, 6.45) is 10.4. The van der Waals surface area contributed by atoms with Crippen LogP contribution in [0.5, 0.6) is 0 Å². The van der Waals surface area contributed by atoms with Gasteiger partial charge in [-0.2, -0.15) is 0 Å². The summed E-state index contributed by atoms with van der Waals surface area (Å²) in [7, 11) is 1.75. The lowest BCUT2D eigenvalue weighted by molar-refractivity contribution is 0.0161. The van der Waals surface area contributed by atoms with E-state index in [4.69, 9.17) is 4.74 Å². The van der Waals surface area contributed by atoms with Crippen molar-refractivity contribution in [2.75, 3.05) is 7.11 Å². The fourth-order valence-corrected chi connectivity index (χ4v) is 2.19. The first-order valence-electron chi connectivity index (χ1n) is 5.48. The van der Waals surface area contributed by atoms with Crippen LogP contribution >= 0.6 is 0 Å². The fraction of sp³-hybridized carbons (Fsp3) is 0.462. The van der Waals surface area contributed by atoms with Gasteiger partial charge < -0.3 is 9.30 Å². The molecule has 86 valence electrons. The summed E-state index contributed by atoms with van der Waals surface area (Å²) >= 11 is 0. The molecule has 2 unspecified atom stereocenters. The average Bonchev–Trinajstić information content (AvgIpc) is 2.64. The van der Waals surface area contributed by atoms with E-state index in [2.05, 4.69) is 41.6 Å². The number of allylic oxidation sites excluding steroid dienone is 2. The van der Waals surface area contributed by atoms with Gasteiger partial charge in [0.15, 0.2) is 0 Å². The largest absolute Gasteiger partial charge is 0.372 e. The number of methoxy groups -OCH3 is 1. The van der Waals surface area contributed by atoms with Crippen LogP contribution < -0.4 is 0 Å². The van der Waals surface area contributed by atoms with Crippen molar-refractivity contribution in [3.8, 4) is 0 Å². The van der Waals surface area contributed by atoms with Crippen LogP contribution in [0.25, 0.3) is 0 Å². The molecule has 0 bridgehead atoms. The van der Waals surface area contributed by atoms with Gasteiger partial charge in [-0.1, -0.05) is 17.7 Å². The van der Waals surface area contributed by atoms with Crippen molar-refractivity contribution in [3.05, 3.63) is 42.0 Å². The van der Waals surface area contributed by atoms with Crippen molar-refractivity contribution >= 4 is 0 Å². The van der Waals surface area contributed by atoms with E-state index in [9.17, 15) is 0 Å². The van der Waals surface area contributed by atoms with Crippen LogP contribution in [0.15, 0.2) is 36.3 Å². The second-order valence-electron chi connectivity index (χ2n) is 4.54. The number of rotatable bonds is 2. The standard InChI is InChI=1S/C13H18N2O/c1-10-5-6-12(13(3,7-10)16-4)15-8-11(2)14-9-15/h5-9,12H,1-4H3. The van der Waals surface area contributed by atoms with Crippen LogP contribution in [0.3, 0.4) is 0 Å². The minimum Gasteiger partial charge on any atom is -0.372 e. The minimum atomic E-state index is -0.300. The van der Waals surface area contributed by atoms with Gasteiger partial charge in [0, 0.05) is 13.3 Å². The second-order valence-corrected chi connectivity index (χ2v) is 4.54. The van der Waals surface area contributed by atoms with Crippen LogP contribution in [0, 0.1) is 6.92 Å². The number of aromatic nitrogens is 2. The van der Waals surface area contributed by atoms with Crippen LogP contribution in [-0.2, 0) is 4.74 Å². The third kappa shape index (κ3) is 1.83. The van der Waals surface area contributed by atoms with E-state index >= 15 is 0 Å². The van der Waals surface area contributed by atoms with Crippen molar-refractivity contribution in [2.24, 2.45) is 0 Å². The zero-order valence-corrected chi connectivity index (χ0v) is 10.3. The van der Waals surface area contributed by atoms with Crippen LogP contribution in [0.4, 0.5) is 0 Å². The summed E-state index contributed by atoms with van der Waals surface area (Å²) in [6.45, 7) is 6.18. The normalized spacial score (nSPS) is 29.2. The van der Waals surface area contributed by atoms with Gasteiger partial charge in [0.25, 0.3) is 0 Å². The van der Waals surface area contributed by atoms with Gasteiger partial charge in [-0.3, -0.25) is 0 Å². The Hall–Kier alpha value is -1.35. The molecule has 1 aliphatic rings. The van der Waals surface area contributed by atoms with E-state index in [1.54, 1.807) is 7.11 Å². The zero-order valence-electron chi connectivity index (χ0n) is 10.3. The third-order valence-corrected chi connectivity index (χ3v) is 3.13. The molecule has 0 amide bonds. The Morgan fingerprint density at radius 2 is 2.19 bits per heavy atom. The van der Waals surface area contributed by atoms with Crippen molar-refractivity contribution in [2.45, 2.75) is 32.4 Å². The summed E-state index contributed by atoms with van der Waals surface area (Å²) in [5, 5.41) is 0. The molecule has 0 fully saturated rings. The Labute approximate surface area is 96.4 Å². The highest BCUT2D eigenvalue weighted by atomic mass is 16.5. The molecule has 1 aromatic heterocycles. The molecule has 16 heavy (non-hydrogen) atoms. The first kappa shape index (κ1) is 11.1. The van der Waals surface area contributed by atoms with E-state index in [1.807, 2.05) is 19.4 Å². The molecule has 0 saturated carbocycles. The monoisotopic (exact) mass is 218 g/mol. The molecule has 1 heterocycles. The Bertz CT molecular complexity index is 445. The van der Waals surface area contributed by atoms with Gasteiger partial charge in [-0.05, 0) is 26.8 Å². The SMILES string of the molecule is COC1(C)C=C(C)C=CC1n1cnc(C)c1. The molecule has 0 aliphatic heterocycles. The highest BCUT2D eigenvalue weighted by Gasteiger charge is 2.33. The number of hydrogen-bond acceptors (Lipinski definition) is 2. The smallest absolute Gasteiger partial charge is 0.108 e. The fourth-order valence-electron chi connectivity index (χ4n) is 2.19. The average molecular weight is 218 g/mol. The third-order valence-electron chi connectivity index (χ3n) is 3.13. The molecule has 0 aromatic carbocycles. The highest BCUT2D eigenvalue weighted by molar-refractivity contribution is 5.30. The topological polar surface area (TPSA) is 27.1 Å². The van der Waals surface area contributed by atoms with Crippen LogP contribution in [0.2, 0.25) is 0 Å². The van der Waals surface area contributed by atoms with Crippen molar-refractivity contribution in [1.29, 1.82) is 0 Å². The molecule has 0 spiro atoms. The van der Waals surface area contributed by atoms with E-state index in [1.165, 1.54) is 5.57 Å². The molecule has 0 radical (unpaired) electrons. The van der Waals surface area contributed by atoms with Crippen LogP contribution in [0.1, 0.15) is 25.6 Å². The molecule has 3 nitrogen and oxygen atoms in total. The van der Waals surface area contributed by atoms with E-state index in [0.717, 1.165) is 5.69 Å². The lowest BCUT2D eigenvalue weighted by Gasteiger charge is -2.35. The first-order valence-corrected chi connectivity index (χ1v) is 5.48. The maximum atomic E-state index is 5.65. The summed E-state index contributed by atoms with van der Waals surface area (Å²) in [5.74, 6) is 0. The highest BCUT2D eigenvalue weighted by Crippen LogP contribution is 2.33. The van der Waals surface area contributed by atoms with Crippen molar-refractivity contribution in [1.82, 2.24) is 9.55 Å². The predicted octanol–water partition coefficient (Wildman–Crippen LogP) is 2.65. The summed E-state index contributed by atoms with van der Waals surface area (Å²) in [6, 6.07) is 0.169. The van der Waals surface area contributed by atoms with E-state index in [0.29, 0.717) is 0 Å². The second kappa shape index (κ2) is 3.91.